The van der Waals surface area contributed by atoms with Gasteiger partial charge < -0.3 is 14.6 Å². The third-order valence-corrected chi connectivity index (χ3v) is 5.48. The molecule has 1 aliphatic heterocycles. The first-order valence-electron chi connectivity index (χ1n) is 10.5. The van der Waals surface area contributed by atoms with E-state index in [9.17, 15) is 0 Å². The Hall–Kier alpha value is -4.11. The molecular formula is C23H20N8O. The first kappa shape index (κ1) is 18.6. The average Bonchev–Trinajstić information content (AvgIpc) is 3.53. The zero-order valence-electron chi connectivity index (χ0n) is 17.2. The molecule has 1 fully saturated rings. The second-order valence-corrected chi connectivity index (χ2v) is 7.51. The maximum atomic E-state index is 5.54. The van der Waals surface area contributed by atoms with Crippen LogP contribution in [-0.4, -0.2) is 61.0 Å². The van der Waals surface area contributed by atoms with Gasteiger partial charge in [0.25, 0.3) is 5.95 Å². The van der Waals surface area contributed by atoms with Gasteiger partial charge in [0.15, 0.2) is 11.5 Å². The Bertz CT molecular complexity index is 1360. The summed E-state index contributed by atoms with van der Waals surface area (Å²) in [6.45, 7) is 2.82. The summed E-state index contributed by atoms with van der Waals surface area (Å²) in [5, 5.41) is 4.52. The molecule has 9 nitrogen and oxygen atoms in total. The first-order chi connectivity index (χ1) is 15.8. The number of hydrogen-bond donors (Lipinski definition) is 1. The van der Waals surface area contributed by atoms with Gasteiger partial charge >= 0.3 is 0 Å². The lowest BCUT2D eigenvalue weighted by Crippen LogP contribution is -2.37. The SMILES string of the molecule is c1ccc(-c2cnn(-c3nc(N4CCOCC4)c4[nH]c(-c5ccncc5)nc4n3)c2)cc1. The van der Waals surface area contributed by atoms with E-state index < -0.39 is 0 Å². The van der Waals surface area contributed by atoms with Crippen molar-refractivity contribution >= 4 is 17.0 Å². The summed E-state index contributed by atoms with van der Waals surface area (Å²) in [7, 11) is 0. The summed E-state index contributed by atoms with van der Waals surface area (Å²) >= 11 is 0. The highest BCUT2D eigenvalue weighted by molar-refractivity contribution is 5.87. The minimum Gasteiger partial charge on any atom is -0.378 e. The van der Waals surface area contributed by atoms with E-state index in [0.29, 0.717) is 24.8 Å². The van der Waals surface area contributed by atoms with Crippen LogP contribution in [0.3, 0.4) is 0 Å². The highest BCUT2D eigenvalue weighted by Crippen LogP contribution is 2.28. The van der Waals surface area contributed by atoms with Crippen molar-refractivity contribution in [1.29, 1.82) is 0 Å². The molecule has 0 spiro atoms. The monoisotopic (exact) mass is 424 g/mol. The lowest BCUT2D eigenvalue weighted by Gasteiger charge is -2.28. The molecule has 0 amide bonds. The molecule has 1 N–H and O–H groups in total. The molecule has 0 bridgehead atoms. The quantitative estimate of drug-likeness (QED) is 0.473. The highest BCUT2D eigenvalue weighted by atomic mass is 16.5. The van der Waals surface area contributed by atoms with Crippen LogP contribution in [0.4, 0.5) is 5.82 Å². The van der Waals surface area contributed by atoms with Gasteiger partial charge in [-0.05, 0) is 17.7 Å². The zero-order chi connectivity index (χ0) is 21.3. The van der Waals surface area contributed by atoms with E-state index >= 15 is 0 Å². The fraction of sp³-hybridized carbons (Fsp3) is 0.174. The van der Waals surface area contributed by atoms with E-state index in [1.54, 1.807) is 17.1 Å². The predicted octanol–water partition coefficient (Wildman–Crippen LogP) is 3.10. The molecule has 0 atom stereocenters. The summed E-state index contributed by atoms with van der Waals surface area (Å²) < 4.78 is 7.24. The van der Waals surface area contributed by atoms with Crippen LogP contribution < -0.4 is 4.90 Å². The summed E-state index contributed by atoms with van der Waals surface area (Å²) in [5.41, 5.74) is 4.44. The van der Waals surface area contributed by atoms with Crippen molar-refractivity contribution in [3.05, 3.63) is 67.3 Å². The Balaban J connectivity index is 1.48. The predicted molar refractivity (Wildman–Crippen MR) is 121 cm³/mol. The second kappa shape index (κ2) is 7.86. The fourth-order valence-electron chi connectivity index (χ4n) is 3.84. The lowest BCUT2D eigenvalue weighted by atomic mass is 10.1. The van der Waals surface area contributed by atoms with Crippen molar-refractivity contribution in [3.8, 4) is 28.5 Å². The molecule has 0 radical (unpaired) electrons. The van der Waals surface area contributed by atoms with Gasteiger partial charge in [0.05, 0.1) is 19.4 Å². The molecule has 0 saturated carbocycles. The molecule has 0 unspecified atom stereocenters. The van der Waals surface area contributed by atoms with Crippen LogP contribution in [0.2, 0.25) is 0 Å². The number of pyridine rings is 1. The molecule has 5 heterocycles. The number of ether oxygens (including phenoxy) is 1. The first-order valence-corrected chi connectivity index (χ1v) is 10.5. The summed E-state index contributed by atoms with van der Waals surface area (Å²) in [5.74, 6) is 2.01. The van der Waals surface area contributed by atoms with Crippen LogP contribution in [0.15, 0.2) is 67.3 Å². The largest absolute Gasteiger partial charge is 0.378 e. The van der Waals surface area contributed by atoms with Crippen molar-refractivity contribution in [2.45, 2.75) is 0 Å². The molecule has 5 aromatic rings. The summed E-state index contributed by atoms with van der Waals surface area (Å²) in [4.78, 5) is 24.1. The van der Waals surface area contributed by atoms with E-state index in [0.717, 1.165) is 46.9 Å². The molecule has 1 saturated heterocycles. The molecular weight excluding hydrogens is 404 g/mol. The van der Waals surface area contributed by atoms with Gasteiger partial charge in [-0.15, -0.1) is 0 Å². The van der Waals surface area contributed by atoms with E-state index in [2.05, 4.69) is 32.1 Å². The van der Waals surface area contributed by atoms with Crippen LogP contribution in [0.25, 0.3) is 39.6 Å². The van der Waals surface area contributed by atoms with Gasteiger partial charge in [0.2, 0.25) is 0 Å². The third kappa shape index (κ3) is 3.38. The zero-order valence-corrected chi connectivity index (χ0v) is 17.2. The molecule has 158 valence electrons. The molecule has 32 heavy (non-hydrogen) atoms. The average molecular weight is 424 g/mol. The van der Waals surface area contributed by atoms with Gasteiger partial charge in [-0.2, -0.15) is 15.1 Å². The number of aromatic nitrogens is 7. The van der Waals surface area contributed by atoms with Crippen molar-refractivity contribution < 1.29 is 4.74 Å². The normalized spacial score (nSPS) is 14.2. The Morgan fingerprint density at radius 1 is 0.844 bits per heavy atom. The number of morpholine rings is 1. The van der Waals surface area contributed by atoms with Gasteiger partial charge in [-0.1, -0.05) is 30.3 Å². The van der Waals surface area contributed by atoms with Gasteiger partial charge in [0.1, 0.15) is 11.3 Å². The molecule has 6 rings (SSSR count). The van der Waals surface area contributed by atoms with Crippen molar-refractivity contribution in [3.63, 3.8) is 0 Å². The van der Waals surface area contributed by atoms with E-state index in [1.807, 2.05) is 42.7 Å². The maximum absolute atomic E-state index is 5.54. The van der Waals surface area contributed by atoms with Crippen LogP contribution in [0.5, 0.6) is 0 Å². The minimum absolute atomic E-state index is 0.481. The van der Waals surface area contributed by atoms with Crippen LogP contribution in [0, 0.1) is 0 Å². The van der Waals surface area contributed by atoms with E-state index in [-0.39, 0.29) is 0 Å². The second-order valence-electron chi connectivity index (χ2n) is 7.51. The Morgan fingerprint density at radius 2 is 1.66 bits per heavy atom. The summed E-state index contributed by atoms with van der Waals surface area (Å²) in [6.07, 6.45) is 7.26. The standard InChI is InChI=1S/C23H20N8O/c1-2-4-16(5-3-1)18-14-25-31(15-18)23-28-21-19(22(29-23)30-10-12-32-13-11-30)26-20(27-21)17-6-8-24-9-7-17/h1-9,14-15H,10-13H2,(H,26,27,28,29). The number of imidazole rings is 1. The van der Waals surface area contributed by atoms with Crippen LogP contribution in [-0.2, 0) is 4.74 Å². The Kier molecular flexibility index (Phi) is 4.58. The number of hydrogen-bond acceptors (Lipinski definition) is 7. The van der Waals surface area contributed by atoms with Crippen molar-refractivity contribution in [2.75, 3.05) is 31.2 Å². The molecule has 0 aliphatic carbocycles. The summed E-state index contributed by atoms with van der Waals surface area (Å²) in [6, 6.07) is 14.0. The number of fused-ring (bicyclic) bond motifs is 1. The Morgan fingerprint density at radius 3 is 2.47 bits per heavy atom. The molecule has 4 aromatic heterocycles. The third-order valence-electron chi connectivity index (χ3n) is 5.48. The number of nitrogens with one attached hydrogen (secondary N) is 1. The molecule has 1 aromatic carbocycles. The lowest BCUT2D eigenvalue weighted by molar-refractivity contribution is 0.122. The fourth-order valence-corrected chi connectivity index (χ4v) is 3.84. The van der Waals surface area contributed by atoms with Crippen molar-refractivity contribution in [2.24, 2.45) is 0 Å². The maximum Gasteiger partial charge on any atom is 0.254 e. The molecule has 1 aliphatic rings. The van der Waals surface area contributed by atoms with Gasteiger partial charge in [-0.3, -0.25) is 4.98 Å². The van der Waals surface area contributed by atoms with Crippen LogP contribution >= 0.6 is 0 Å². The van der Waals surface area contributed by atoms with E-state index in [1.165, 1.54) is 0 Å². The number of aromatic amines is 1. The van der Waals surface area contributed by atoms with E-state index in [4.69, 9.17) is 19.7 Å². The number of nitrogens with zero attached hydrogens (tertiary/aromatic N) is 7. The Labute approximate surface area is 183 Å². The number of rotatable bonds is 4. The number of benzene rings is 1. The van der Waals surface area contributed by atoms with Gasteiger partial charge in [-0.25, -0.2) is 9.67 Å². The van der Waals surface area contributed by atoms with Crippen LogP contribution in [0.1, 0.15) is 0 Å². The highest BCUT2D eigenvalue weighted by Gasteiger charge is 2.21. The topological polar surface area (TPSA) is 97.6 Å². The van der Waals surface area contributed by atoms with Crippen molar-refractivity contribution in [1.82, 2.24) is 34.7 Å². The van der Waals surface area contributed by atoms with Gasteiger partial charge in [0, 0.05) is 42.8 Å². The molecule has 9 heteroatoms. The number of H-pyrrole nitrogens is 1. The smallest absolute Gasteiger partial charge is 0.254 e. The number of anilines is 1. The minimum atomic E-state index is 0.481.